The van der Waals surface area contributed by atoms with E-state index in [0.29, 0.717) is 0 Å². The third-order valence-corrected chi connectivity index (χ3v) is 5.07. The van der Waals surface area contributed by atoms with E-state index in [2.05, 4.69) is 28.2 Å². The Kier molecular flexibility index (Phi) is 3.81. The quantitative estimate of drug-likeness (QED) is 0.728. The number of aromatic nitrogens is 2. The lowest BCUT2D eigenvalue weighted by Gasteiger charge is -2.35. The minimum absolute atomic E-state index is 0.0465. The molecule has 5 heteroatoms. The predicted molar refractivity (Wildman–Crippen MR) is 90.0 cm³/mol. The fourth-order valence-electron chi connectivity index (χ4n) is 3.78. The zero-order valence-electron chi connectivity index (χ0n) is 13.7. The smallest absolute Gasteiger partial charge is 0.135 e. The van der Waals surface area contributed by atoms with Crippen LogP contribution in [0.5, 0.6) is 0 Å². The molecule has 2 heterocycles. The number of nitrogens with zero attached hydrogens (tertiary/aromatic N) is 3. The molecule has 124 valence electrons. The van der Waals surface area contributed by atoms with Gasteiger partial charge in [0.2, 0.25) is 0 Å². The van der Waals surface area contributed by atoms with E-state index in [1.54, 1.807) is 12.1 Å². The monoisotopic (exact) mass is 325 g/mol. The van der Waals surface area contributed by atoms with Gasteiger partial charge in [0, 0.05) is 12.1 Å². The normalized spacial score (nSPS) is 21.6. The summed E-state index contributed by atoms with van der Waals surface area (Å²) < 4.78 is 18.3. The van der Waals surface area contributed by atoms with Crippen molar-refractivity contribution < 1.29 is 9.02 Å². The molecule has 2 aromatic carbocycles. The molecule has 0 spiro atoms. The van der Waals surface area contributed by atoms with Crippen molar-refractivity contribution in [3.63, 3.8) is 0 Å². The SMILES string of the molecule is CC1(Cc2cccc(F)c2)CCCN1Cc1ccc2nonc2c1. The van der Waals surface area contributed by atoms with E-state index in [9.17, 15) is 4.39 Å². The lowest BCUT2D eigenvalue weighted by atomic mass is 9.90. The summed E-state index contributed by atoms with van der Waals surface area (Å²) in [6, 6.07) is 13.0. The number of halogens is 1. The van der Waals surface area contributed by atoms with Crippen LogP contribution in [0.4, 0.5) is 4.39 Å². The second-order valence-corrected chi connectivity index (χ2v) is 6.92. The van der Waals surface area contributed by atoms with Gasteiger partial charge in [-0.25, -0.2) is 9.02 Å². The molecular weight excluding hydrogens is 305 g/mol. The van der Waals surface area contributed by atoms with Crippen molar-refractivity contribution in [2.75, 3.05) is 6.54 Å². The molecular formula is C19H20FN3O. The molecule has 3 aromatic rings. The number of hydrogen-bond acceptors (Lipinski definition) is 4. The number of fused-ring (bicyclic) bond motifs is 1. The van der Waals surface area contributed by atoms with Crippen LogP contribution < -0.4 is 0 Å². The summed E-state index contributed by atoms with van der Waals surface area (Å²) in [7, 11) is 0. The van der Waals surface area contributed by atoms with Crippen LogP contribution >= 0.6 is 0 Å². The second kappa shape index (κ2) is 5.98. The third kappa shape index (κ3) is 2.91. The van der Waals surface area contributed by atoms with Gasteiger partial charge in [-0.15, -0.1) is 0 Å². The number of rotatable bonds is 4. The van der Waals surface area contributed by atoms with Gasteiger partial charge >= 0.3 is 0 Å². The van der Waals surface area contributed by atoms with E-state index in [4.69, 9.17) is 4.63 Å². The maximum atomic E-state index is 13.5. The highest BCUT2D eigenvalue weighted by Crippen LogP contribution is 2.34. The Morgan fingerprint density at radius 2 is 2.00 bits per heavy atom. The van der Waals surface area contributed by atoms with Gasteiger partial charge in [-0.3, -0.25) is 4.90 Å². The summed E-state index contributed by atoms with van der Waals surface area (Å²) >= 11 is 0. The Balaban J connectivity index is 1.55. The first-order valence-electron chi connectivity index (χ1n) is 8.33. The molecule has 0 amide bonds. The molecule has 0 N–H and O–H groups in total. The molecule has 1 atom stereocenters. The molecule has 1 unspecified atom stereocenters. The maximum absolute atomic E-state index is 13.5. The first kappa shape index (κ1) is 15.3. The number of likely N-dealkylation sites (tertiary alicyclic amines) is 1. The van der Waals surface area contributed by atoms with Crippen LogP contribution in [0.3, 0.4) is 0 Å². The van der Waals surface area contributed by atoms with Crippen LogP contribution in [0.2, 0.25) is 0 Å². The fraction of sp³-hybridized carbons (Fsp3) is 0.368. The molecule has 0 bridgehead atoms. The van der Waals surface area contributed by atoms with Crippen molar-refractivity contribution in [3.8, 4) is 0 Å². The topological polar surface area (TPSA) is 42.2 Å². The molecule has 1 aromatic heterocycles. The zero-order valence-corrected chi connectivity index (χ0v) is 13.7. The van der Waals surface area contributed by atoms with E-state index in [0.717, 1.165) is 42.5 Å². The minimum Gasteiger partial charge on any atom is -0.293 e. The van der Waals surface area contributed by atoms with Gasteiger partial charge in [-0.1, -0.05) is 18.2 Å². The fourth-order valence-corrected chi connectivity index (χ4v) is 3.78. The summed E-state index contributed by atoms with van der Waals surface area (Å²) in [5, 5.41) is 7.77. The van der Waals surface area contributed by atoms with Crippen molar-refractivity contribution >= 4 is 11.0 Å². The Morgan fingerprint density at radius 3 is 2.88 bits per heavy atom. The van der Waals surface area contributed by atoms with E-state index < -0.39 is 0 Å². The molecule has 24 heavy (non-hydrogen) atoms. The molecule has 1 saturated heterocycles. The van der Waals surface area contributed by atoms with Gasteiger partial charge in [0.05, 0.1) is 0 Å². The van der Waals surface area contributed by atoms with Crippen LogP contribution in [0.1, 0.15) is 30.9 Å². The minimum atomic E-state index is -0.162. The van der Waals surface area contributed by atoms with Gasteiger partial charge in [-0.05, 0) is 78.4 Å². The standard InChI is InChI=1S/C19H20FN3O/c1-19(12-14-4-2-5-16(20)10-14)8-3-9-23(19)13-15-6-7-17-18(11-15)22-24-21-17/h2,4-7,10-11H,3,8-9,12-13H2,1H3. The number of hydrogen-bond donors (Lipinski definition) is 0. The van der Waals surface area contributed by atoms with Gasteiger partial charge in [0.15, 0.2) is 0 Å². The Labute approximate surface area is 140 Å². The first-order valence-corrected chi connectivity index (χ1v) is 8.33. The average molecular weight is 325 g/mol. The molecule has 0 aliphatic carbocycles. The Morgan fingerprint density at radius 1 is 1.12 bits per heavy atom. The molecule has 4 nitrogen and oxygen atoms in total. The lowest BCUT2D eigenvalue weighted by molar-refractivity contribution is 0.147. The Bertz CT molecular complexity index is 862. The van der Waals surface area contributed by atoms with Crippen LogP contribution in [0.25, 0.3) is 11.0 Å². The zero-order chi connectivity index (χ0) is 16.6. The van der Waals surface area contributed by atoms with Crippen molar-refractivity contribution in [1.82, 2.24) is 15.2 Å². The molecule has 1 aliphatic rings. The van der Waals surface area contributed by atoms with Gasteiger partial charge in [-0.2, -0.15) is 0 Å². The number of benzene rings is 2. The predicted octanol–water partition coefficient (Wildman–Crippen LogP) is 3.96. The van der Waals surface area contributed by atoms with Crippen molar-refractivity contribution in [1.29, 1.82) is 0 Å². The summed E-state index contributed by atoms with van der Waals surface area (Å²) in [5.41, 5.74) is 3.87. The molecule has 0 radical (unpaired) electrons. The van der Waals surface area contributed by atoms with Crippen LogP contribution in [0, 0.1) is 5.82 Å². The summed E-state index contributed by atoms with van der Waals surface area (Å²) in [4.78, 5) is 2.49. The molecule has 1 aliphatic heterocycles. The van der Waals surface area contributed by atoms with E-state index >= 15 is 0 Å². The first-order chi connectivity index (χ1) is 11.6. The van der Waals surface area contributed by atoms with Crippen molar-refractivity contribution in [3.05, 3.63) is 59.4 Å². The van der Waals surface area contributed by atoms with Gasteiger partial charge in [0.1, 0.15) is 16.9 Å². The van der Waals surface area contributed by atoms with E-state index in [1.807, 2.05) is 18.2 Å². The highest BCUT2D eigenvalue weighted by atomic mass is 19.1. The highest BCUT2D eigenvalue weighted by Gasteiger charge is 2.36. The second-order valence-electron chi connectivity index (χ2n) is 6.92. The largest absolute Gasteiger partial charge is 0.293 e. The van der Waals surface area contributed by atoms with E-state index in [-0.39, 0.29) is 11.4 Å². The molecule has 0 saturated carbocycles. The highest BCUT2D eigenvalue weighted by molar-refractivity contribution is 5.73. The molecule has 1 fully saturated rings. The van der Waals surface area contributed by atoms with Crippen molar-refractivity contribution in [2.45, 2.75) is 38.3 Å². The van der Waals surface area contributed by atoms with Crippen LogP contribution in [-0.4, -0.2) is 27.3 Å². The Hall–Kier alpha value is -2.27. The van der Waals surface area contributed by atoms with Crippen LogP contribution in [-0.2, 0) is 13.0 Å². The summed E-state index contributed by atoms with van der Waals surface area (Å²) in [5.74, 6) is -0.162. The maximum Gasteiger partial charge on any atom is 0.135 e. The van der Waals surface area contributed by atoms with Gasteiger partial charge in [0.25, 0.3) is 0 Å². The third-order valence-electron chi connectivity index (χ3n) is 5.07. The summed E-state index contributed by atoms with van der Waals surface area (Å²) in [6.07, 6.45) is 3.15. The van der Waals surface area contributed by atoms with Crippen LogP contribution in [0.15, 0.2) is 47.1 Å². The average Bonchev–Trinajstić information content (AvgIpc) is 3.14. The van der Waals surface area contributed by atoms with E-state index in [1.165, 1.54) is 18.1 Å². The van der Waals surface area contributed by atoms with Crippen molar-refractivity contribution in [2.24, 2.45) is 0 Å². The van der Waals surface area contributed by atoms with Gasteiger partial charge < -0.3 is 0 Å². The molecule has 4 rings (SSSR count). The summed E-state index contributed by atoms with van der Waals surface area (Å²) in [6.45, 7) is 4.19. The lowest BCUT2D eigenvalue weighted by Crippen LogP contribution is -2.42.